The van der Waals surface area contributed by atoms with Gasteiger partial charge in [-0.15, -0.1) is 6.58 Å². The van der Waals surface area contributed by atoms with Gasteiger partial charge in [0, 0.05) is 23.9 Å². The molecule has 0 radical (unpaired) electrons. The molecule has 1 heterocycles. The zero-order valence-electron chi connectivity index (χ0n) is 14.0. The fraction of sp³-hybridized carbons (Fsp3) is 0.150. The highest BCUT2D eigenvalue weighted by atomic mass is 16.4. The molecule has 0 aliphatic heterocycles. The Morgan fingerprint density at radius 2 is 1.85 bits per heavy atom. The number of hydrogen-bond donors (Lipinski definition) is 4. The molecule has 0 fully saturated rings. The summed E-state index contributed by atoms with van der Waals surface area (Å²) in [6.07, 6.45) is 2.40. The lowest BCUT2D eigenvalue weighted by Gasteiger charge is -2.04. The number of phenols is 3. The van der Waals surface area contributed by atoms with E-state index in [2.05, 4.69) is 11.9 Å². The molecule has 0 aliphatic carbocycles. The average Bonchev–Trinajstić information content (AvgIpc) is 3.08. The van der Waals surface area contributed by atoms with E-state index in [0.717, 1.165) is 5.56 Å². The summed E-state index contributed by atoms with van der Waals surface area (Å²) in [6, 6.07) is 9.38. The van der Waals surface area contributed by atoms with Gasteiger partial charge >= 0.3 is 0 Å². The molecule has 1 aromatic heterocycles. The molecule has 3 rings (SSSR count). The average molecular weight is 353 g/mol. The van der Waals surface area contributed by atoms with Crippen LogP contribution in [-0.2, 0) is 11.2 Å². The third-order valence-corrected chi connectivity index (χ3v) is 4.08. The normalized spacial score (nSPS) is 10.8. The van der Waals surface area contributed by atoms with Gasteiger partial charge in [0.05, 0.1) is 0 Å². The van der Waals surface area contributed by atoms with Crippen LogP contribution in [0.2, 0.25) is 0 Å². The molecule has 1 amide bonds. The van der Waals surface area contributed by atoms with E-state index in [-0.39, 0.29) is 23.2 Å². The zero-order valence-corrected chi connectivity index (χ0v) is 14.0. The summed E-state index contributed by atoms with van der Waals surface area (Å²) in [4.78, 5) is 11.8. The van der Waals surface area contributed by atoms with Crippen LogP contribution in [0.4, 0.5) is 0 Å². The van der Waals surface area contributed by atoms with Gasteiger partial charge in [-0.05, 0) is 42.3 Å². The summed E-state index contributed by atoms with van der Waals surface area (Å²) in [5.74, 6) is -0.133. The molecular formula is C20H19NO5. The SMILES string of the molecule is C=CCNC(=O)CCc1ccc(O)c2oc(-c3ccc(O)c(O)c3)cc12. The van der Waals surface area contributed by atoms with Gasteiger partial charge in [0.25, 0.3) is 0 Å². The molecule has 0 atom stereocenters. The van der Waals surface area contributed by atoms with Crippen LogP contribution < -0.4 is 5.32 Å². The number of furan rings is 1. The first-order valence-electron chi connectivity index (χ1n) is 8.14. The number of carbonyl (C=O) groups is 1. The molecule has 0 saturated carbocycles. The summed E-state index contributed by atoms with van der Waals surface area (Å²) >= 11 is 0. The van der Waals surface area contributed by atoms with Gasteiger partial charge in [-0.2, -0.15) is 0 Å². The minimum Gasteiger partial charge on any atom is -0.504 e. The van der Waals surface area contributed by atoms with E-state index >= 15 is 0 Å². The van der Waals surface area contributed by atoms with Crippen molar-refractivity contribution in [2.24, 2.45) is 0 Å². The van der Waals surface area contributed by atoms with Crippen LogP contribution in [0.1, 0.15) is 12.0 Å². The Labute approximate surface area is 150 Å². The van der Waals surface area contributed by atoms with E-state index < -0.39 is 0 Å². The molecule has 134 valence electrons. The van der Waals surface area contributed by atoms with Gasteiger partial charge in [0.1, 0.15) is 5.76 Å². The molecular weight excluding hydrogens is 334 g/mol. The maximum atomic E-state index is 11.8. The Hall–Kier alpha value is -3.41. The van der Waals surface area contributed by atoms with Crippen LogP contribution in [0.25, 0.3) is 22.3 Å². The van der Waals surface area contributed by atoms with Crippen LogP contribution in [0.15, 0.2) is 53.5 Å². The maximum absolute atomic E-state index is 11.8. The lowest BCUT2D eigenvalue weighted by Crippen LogP contribution is -2.23. The number of amides is 1. The number of aryl methyl sites for hydroxylation is 1. The Balaban J connectivity index is 1.92. The second-order valence-electron chi connectivity index (χ2n) is 5.89. The topological polar surface area (TPSA) is 103 Å². The highest BCUT2D eigenvalue weighted by Gasteiger charge is 2.15. The Morgan fingerprint density at radius 1 is 1.08 bits per heavy atom. The van der Waals surface area contributed by atoms with Crippen LogP contribution in [0.3, 0.4) is 0 Å². The highest BCUT2D eigenvalue weighted by Crippen LogP contribution is 2.37. The monoisotopic (exact) mass is 353 g/mol. The van der Waals surface area contributed by atoms with E-state index in [4.69, 9.17) is 4.42 Å². The fourth-order valence-corrected chi connectivity index (χ4v) is 2.72. The van der Waals surface area contributed by atoms with Crippen molar-refractivity contribution >= 4 is 16.9 Å². The van der Waals surface area contributed by atoms with E-state index in [1.165, 1.54) is 18.2 Å². The molecule has 6 nitrogen and oxygen atoms in total. The standard InChI is InChI=1S/C20H19NO5/c1-2-9-21-19(25)8-5-12-3-7-16(23)20-14(12)11-18(26-20)13-4-6-15(22)17(24)10-13/h2-4,6-7,10-11,22-24H,1,5,8-9H2,(H,21,25). The third kappa shape index (κ3) is 3.49. The second kappa shape index (κ2) is 7.23. The van der Waals surface area contributed by atoms with Crippen LogP contribution in [0.5, 0.6) is 17.2 Å². The quantitative estimate of drug-likeness (QED) is 0.401. The van der Waals surface area contributed by atoms with Gasteiger partial charge in [0.15, 0.2) is 22.8 Å². The molecule has 0 saturated heterocycles. The van der Waals surface area contributed by atoms with Crippen molar-refractivity contribution in [1.82, 2.24) is 5.32 Å². The summed E-state index contributed by atoms with van der Waals surface area (Å²) in [7, 11) is 0. The Bertz CT molecular complexity index is 974. The second-order valence-corrected chi connectivity index (χ2v) is 5.89. The molecule has 0 aliphatic rings. The molecule has 2 aromatic carbocycles. The highest BCUT2D eigenvalue weighted by molar-refractivity contribution is 5.90. The molecule has 26 heavy (non-hydrogen) atoms. The number of fused-ring (bicyclic) bond motifs is 1. The van der Waals surface area contributed by atoms with Crippen LogP contribution >= 0.6 is 0 Å². The van der Waals surface area contributed by atoms with Crippen molar-refractivity contribution in [3.8, 4) is 28.6 Å². The Kier molecular flexibility index (Phi) is 4.84. The van der Waals surface area contributed by atoms with Gasteiger partial charge in [-0.1, -0.05) is 12.1 Å². The minimum atomic E-state index is -0.258. The van der Waals surface area contributed by atoms with Gasteiger partial charge < -0.3 is 25.1 Å². The third-order valence-electron chi connectivity index (χ3n) is 4.08. The van der Waals surface area contributed by atoms with Gasteiger partial charge in [-0.3, -0.25) is 4.79 Å². The molecule has 4 N–H and O–H groups in total. The fourth-order valence-electron chi connectivity index (χ4n) is 2.72. The molecule has 0 spiro atoms. The first-order valence-corrected chi connectivity index (χ1v) is 8.14. The number of hydrogen-bond acceptors (Lipinski definition) is 5. The van der Waals surface area contributed by atoms with Crippen molar-refractivity contribution in [3.05, 3.63) is 54.6 Å². The number of benzene rings is 2. The molecule has 0 bridgehead atoms. The van der Waals surface area contributed by atoms with Crippen LogP contribution in [-0.4, -0.2) is 27.8 Å². The number of rotatable bonds is 6. The lowest BCUT2D eigenvalue weighted by molar-refractivity contribution is -0.120. The number of aromatic hydroxyl groups is 3. The van der Waals surface area contributed by atoms with E-state index in [9.17, 15) is 20.1 Å². The maximum Gasteiger partial charge on any atom is 0.220 e. The predicted octanol–water partition coefficient (Wildman–Crippen LogP) is 3.45. The van der Waals surface area contributed by atoms with E-state index in [1.807, 2.05) is 0 Å². The van der Waals surface area contributed by atoms with Crippen molar-refractivity contribution in [2.75, 3.05) is 6.54 Å². The summed E-state index contributed by atoms with van der Waals surface area (Å²) in [6.45, 7) is 3.98. The molecule has 6 heteroatoms. The van der Waals surface area contributed by atoms with Crippen molar-refractivity contribution in [3.63, 3.8) is 0 Å². The first-order chi connectivity index (χ1) is 12.5. The van der Waals surface area contributed by atoms with Gasteiger partial charge in [0.2, 0.25) is 5.91 Å². The predicted molar refractivity (Wildman–Crippen MR) is 98.2 cm³/mol. The summed E-state index contributed by atoms with van der Waals surface area (Å²) < 4.78 is 5.74. The first kappa shape index (κ1) is 17.4. The largest absolute Gasteiger partial charge is 0.504 e. The smallest absolute Gasteiger partial charge is 0.220 e. The van der Waals surface area contributed by atoms with Crippen molar-refractivity contribution < 1.29 is 24.5 Å². The van der Waals surface area contributed by atoms with Crippen molar-refractivity contribution in [2.45, 2.75) is 12.8 Å². The summed E-state index contributed by atoms with van der Waals surface area (Å²) in [5.41, 5.74) is 1.74. The lowest BCUT2D eigenvalue weighted by atomic mass is 10.0. The van der Waals surface area contributed by atoms with Crippen molar-refractivity contribution in [1.29, 1.82) is 0 Å². The van der Waals surface area contributed by atoms with Crippen LogP contribution in [0, 0.1) is 0 Å². The molecule has 0 unspecified atom stereocenters. The van der Waals surface area contributed by atoms with E-state index in [0.29, 0.717) is 41.7 Å². The number of nitrogens with one attached hydrogen (secondary N) is 1. The summed E-state index contributed by atoms with van der Waals surface area (Å²) in [5, 5.41) is 32.6. The number of phenolic OH excluding ortho intramolecular Hbond substituents is 3. The van der Waals surface area contributed by atoms with Gasteiger partial charge in [-0.25, -0.2) is 0 Å². The Morgan fingerprint density at radius 3 is 2.58 bits per heavy atom. The minimum absolute atomic E-state index is 0.00545. The number of carbonyl (C=O) groups excluding carboxylic acids is 1. The zero-order chi connectivity index (χ0) is 18.7. The van der Waals surface area contributed by atoms with E-state index in [1.54, 1.807) is 24.3 Å². The molecule has 3 aromatic rings.